The number of nitrogens with zero attached hydrogens (tertiary/aromatic N) is 1. The number of aryl methyl sites for hydroxylation is 1. The van der Waals surface area contributed by atoms with E-state index in [1.54, 1.807) is 7.05 Å². The van der Waals surface area contributed by atoms with Crippen LogP contribution in [0.5, 0.6) is 5.75 Å². The average Bonchev–Trinajstić information content (AvgIpc) is 2.90. The number of unbranched alkanes of at least 4 members (excludes halogenated alkanes) is 1. The number of nitrogens with one attached hydrogen (secondary N) is 2. The summed E-state index contributed by atoms with van der Waals surface area (Å²) >= 11 is 0. The lowest BCUT2D eigenvalue weighted by Gasteiger charge is -2.16. The first-order valence-corrected chi connectivity index (χ1v) is 10.2. The Balaban J connectivity index is 0.00000312. The minimum atomic E-state index is -2.87. The summed E-state index contributed by atoms with van der Waals surface area (Å²) in [7, 11) is -1.18. The SMILES string of the molecule is CN=C(NCCCCOc1ccc(C)cc1)NC1CCS(=O)(=O)C1.I. The number of ether oxygens (including phenoxy) is 1. The molecule has 1 heterocycles. The fourth-order valence-corrected chi connectivity index (χ4v) is 4.23. The quantitative estimate of drug-likeness (QED) is 0.270. The summed E-state index contributed by atoms with van der Waals surface area (Å²) in [5, 5.41) is 6.39. The largest absolute Gasteiger partial charge is 0.494 e. The van der Waals surface area contributed by atoms with Crippen LogP contribution in [0.3, 0.4) is 0 Å². The van der Waals surface area contributed by atoms with Gasteiger partial charge in [0.15, 0.2) is 15.8 Å². The molecule has 2 rings (SSSR count). The molecule has 8 heteroatoms. The van der Waals surface area contributed by atoms with E-state index in [1.165, 1.54) is 5.56 Å². The fraction of sp³-hybridized carbons (Fsp3) is 0.588. The minimum absolute atomic E-state index is 0. The molecule has 1 unspecified atom stereocenters. The van der Waals surface area contributed by atoms with Gasteiger partial charge in [-0.15, -0.1) is 24.0 Å². The van der Waals surface area contributed by atoms with Gasteiger partial charge >= 0.3 is 0 Å². The third kappa shape index (κ3) is 8.26. The number of aliphatic imine (C=N–C) groups is 1. The molecular weight excluding hydrogens is 453 g/mol. The number of hydrogen-bond donors (Lipinski definition) is 2. The lowest BCUT2D eigenvalue weighted by atomic mass is 10.2. The van der Waals surface area contributed by atoms with Crippen LogP contribution in [0.1, 0.15) is 24.8 Å². The van der Waals surface area contributed by atoms with Gasteiger partial charge in [-0.1, -0.05) is 17.7 Å². The van der Waals surface area contributed by atoms with Crippen LogP contribution in [0.15, 0.2) is 29.3 Å². The predicted octanol–water partition coefficient (Wildman–Crippen LogP) is 2.12. The van der Waals surface area contributed by atoms with Crippen LogP contribution in [0.25, 0.3) is 0 Å². The first kappa shape index (κ1) is 22.0. The molecule has 1 aromatic rings. The second kappa shape index (κ2) is 10.8. The van der Waals surface area contributed by atoms with E-state index in [-0.39, 0.29) is 41.5 Å². The molecule has 25 heavy (non-hydrogen) atoms. The van der Waals surface area contributed by atoms with Crippen LogP contribution in [-0.4, -0.2) is 52.1 Å². The molecule has 0 saturated carbocycles. The van der Waals surface area contributed by atoms with E-state index in [2.05, 4.69) is 22.5 Å². The van der Waals surface area contributed by atoms with Crippen molar-refractivity contribution in [2.24, 2.45) is 4.99 Å². The normalized spacial score (nSPS) is 19.1. The molecule has 0 aromatic heterocycles. The number of benzene rings is 1. The summed E-state index contributed by atoms with van der Waals surface area (Å²) in [5.41, 5.74) is 1.22. The summed E-state index contributed by atoms with van der Waals surface area (Å²) in [4.78, 5) is 4.14. The second-order valence-electron chi connectivity index (χ2n) is 6.11. The molecule has 1 fully saturated rings. The summed E-state index contributed by atoms with van der Waals surface area (Å²) < 4.78 is 28.6. The Hall–Kier alpha value is -1.03. The summed E-state index contributed by atoms with van der Waals surface area (Å²) in [6, 6.07) is 8.00. The Bertz CT molecular complexity index is 648. The molecule has 1 saturated heterocycles. The summed E-state index contributed by atoms with van der Waals surface area (Å²) in [6.07, 6.45) is 2.54. The second-order valence-corrected chi connectivity index (χ2v) is 8.34. The van der Waals surface area contributed by atoms with E-state index < -0.39 is 9.84 Å². The van der Waals surface area contributed by atoms with Crippen molar-refractivity contribution in [2.75, 3.05) is 31.7 Å². The Morgan fingerprint density at radius 3 is 2.60 bits per heavy atom. The van der Waals surface area contributed by atoms with Gasteiger partial charge in [-0.2, -0.15) is 0 Å². The lowest BCUT2D eigenvalue weighted by molar-refractivity contribution is 0.307. The molecule has 1 atom stereocenters. The maximum atomic E-state index is 11.5. The van der Waals surface area contributed by atoms with Crippen LogP contribution in [0, 0.1) is 6.92 Å². The zero-order chi connectivity index (χ0) is 17.4. The van der Waals surface area contributed by atoms with E-state index in [1.807, 2.05) is 24.3 Å². The first-order valence-electron chi connectivity index (χ1n) is 8.35. The molecule has 0 amide bonds. The topological polar surface area (TPSA) is 79.8 Å². The van der Waals surface area contributed by atoms with Crippen molar-refractivity contribution >= 4 is 39.8 Å². The van der Waals surface area contributed by atoms with E-state index in [4.69, 9.17) is 4.74 Å². The molecule has 1 aromatic carbocycles. The van der Waals surface area contributed by atoms with Crippen molar-refractivity contribution in [1.29, 1.82) is 0 Å². The number of hydrogen-bond acceptors (Lipinski definition) is 4. The average molecular weight is 481 g/mol. The predicted molar refractivity (Wildman–Crippen MR) is 113 cm³/mol. The van der Waals surface area contributed by atoms with Crippen molar-refractivity contribution in [3.05, 3.63) is 29.8 Å². The Morgan fingerprint density at radius 1 is 1.28 bits per heavy atom. The number of rotatable bonds is 7. The highest BCUT2D eigenvalue weighted by Gasteiger charge is 2.28. The monoisotopic (exact) mass is 481 g/mol. The van der Waals surface area contributed by atoms with Crippen molar-refractivity contribution in [2.45, 2.75) is 32.2 Å². The third-order valence-corrected chi connectivity index (χ3v) is 5.72. The van der Waals surface area contributed by atoms with Gasteiger partial charge in [0.05, 0.1) is 18.1 Å². The van der Waals surface area contributed by atoms with E-state index >= 15 is 0 Å². The smallest absolute Gasteiger partial charge is 0.191 e. The van der Waals surface area contributed by atoms with Crippen molar-refractivity contribution in [1.82, 2.24) is 10.6 Å². The molecule has 1 aliphatic heterocycles. The molecular formula is C17H28IN3O3S. The Kier molecular flexibility index (Phi) is 9.55. The molecule has 1 aliphatic rings. The first-order chi connectivity index (χ1) is 11.5. The Morgan fingerprint density at radius 2 is 2.00 bits per heavy atom. The maximum Gasteiger partial charge on any atom is 0.191 e. The number of guanidine groups is 1. The van der Waals surface area contributed by atoms with Gasteiger partial charge in [-0.3, -0.25) is 4.99 Å². The van der Waals surface area contributed by atoms with Crippen molar-refractivity contribution in [3.63, 3.8) is 0 Å². The standard InChI is InChI=1S/C17H27N3O3S.HI/c1-14-5-7-16(8-6-14)23-11-4-3-10-19-17(18-2)20-15-9-12-24(21,22)13-15;/h5-8,15H,3-4,9-13H2,1-2H3,(H2,18,19,20);1H. The highest BCUT2D eigenvalue weighted by molar-refractivity contribution is 14.0. The van der Waals surface area contributed by atoms with Crippen LogP contribution < -0.4 is 15.4 Å². The molecule has 0 radical (unpaired) electrons. The van der Waals surface area contributed by atoms with Gasteiger partial charge in [0.25, 0.3) is 0 Å². The van der Waals surface area contributed by atoms with Crippen LogP contribution in [0.4, 0.5) is 0 Å². The van der Waals surface area contributed by atoms with Gasteiger partial charge < -0.3 is 15.4 Å². The van der Waals surface area contributed by atoms with Crippen molar-refractivity contribution in [3.8, 4) is 5.75 Å². The highest BCUT2D eigenvalue weighted by atomic mass is 127. The van der Waals surface area contributed by atoms with E-state index in [0.717, 1.165) is 25.1 Å². The summed E-state index contributed by atoms with van der Waals surface area (Å²) in [5.74, 6) is 2.01. The summed E-state index contributed by atoms with van der Waals surface area (Å²) in [6.45, 7) is 3.51. The zero-order valence-electron chi connectivity index (χ0n) is 14.8. The van der Waals surface area contributed by atoms with Gasteiger partial charge in [-0.05, 0) is 38.3 Å². The van der Waals surface area contributed by atoms with Crippen LogP contribution >= 0.6 is 24.0 Å². The van der Waals surface area contributed by atoms with Crippen LogP contribution in [-0.2, 0) is 9.84 Å². The zero-order valence-corrected chi connectivity index (χ0v) is 18.0. The highest BCUT2D eigenvalue weighted by Crippen LogP contribution is 2.12. The third-order valence-electron chi connectivity index (χ3n) is 3.95. The van der Waals surface area contributed by atoms with Gasteiger partial charge in [0.1, 0.15) is 5.75 Å². The minimum Gasteiger partial charge on any atom is -0.494 e. The molecule has 142 valence electrons. The Labute approximate surface area is 167 Å². The van der Waals surface area contributed by atoms with E-state index in [0.29, 0.717) is 19.0 Å². The molecule has 2 N–H and O–H groups in total. The van der Waals surface area contributed by atoms with Gasteiger partial charge in [0.2, 0.25) is 0 Å². The van der Waals surface area contributed by atoms with Crippen molar-refractivity contribution < 1.29 is 13.2 Å². The van der Waals surface area contributed by atoms with Crippen LogP contribution in [0.2, 0.25) is 0 Å². The van der Waals surface area contributed by atoms with Gasteiger partial charge in [-0.25, -0.2) is 8.42 Å². The number of halogens is 1. The van der Waals surface area contributed by atoms with E-state index in [9.17, 15) is 8.42 Å². The number of sulfone groups is 1. The fourth-order valence-electron chi connectivity index (χ4n) is 2.56. The van der Waals surface area contributed by atoms with Gasteiger partial charge in [0, 0.05) is 19.6 Å². The maximum absolute atomic E-state index is 11.5. The molecule has 0 spiro atoms. The molecule has 0 aliphatic carbocycles. The molecule has 0 bridgehead atoms. The molecule has 6 nitrogen and oxygen atoms in total. The lowest BCUT2D eigenvalue weighted by Crippen LogP contribution is -2.44.